The number of carbonyl (C=O) groups is 1. The lowest BCUT2D eigenvalue weighted by Gasteiger charge is -2.32. The molecule has 0 aliphatic carbocycles. The van der Waals surface area contributed by atoms with Crippen molar-refractivity contribution in [3.8, 4) is 5.75 Å². The van der Waals surface area contributed by atoms with Crippen molar-refractivity contribution in [3.63, 3.8) is 0 Å². The summed E-state index contributed by atoms with van der Waals surface area (Å²) < 4.78 is 5.15. The number of nitrogens with zero attached hydrogens (tertiary/aromatic N) is 1. The molecule has 28 heavy (non-hydrogen) atoms. The van der Waals surface area contributed by atoms with Crippen molar-refractivity contribution in [3.05, 3.63) is 60.2 Å². The average molecular weight is 381 g/mol. The SMILES string of the molecule is COc1ccc(NC(=O)CC2CCN(CC[C@H](C)c3ccccc3)CC2)cc1. The number of piperidine rings is 1. The number of hydrogen-bond donors (Lipinski definition) is 1. The number of likely N-dealkylation sites (tertiary alicyclic amines) is 1. The van der Waals surface area contributed by atoms with Crippen molar-refractivity contribution in [2.75, 3.05) is 32.1 Å². The molecule has 0 bridgehead atoms. The highest BCUT2D eigenvalue weighted by Gasteiger charge is 2.22. The molecule has 0 radical (unpaired) electrons. The van der Waals surface area contributed by atoms with Crippen molar-refractivity contribution in [2.24, 2.45) is 5.92 Å². The van der Waals surface area contributed by atoms with Crippen LogP contribution in [0.25, 0.3) is 0 Å². The van der Waals surface area contributed by atoms with Gasteiger partial charge in [0.1, 0.15) is 5.75 Å². The van der Waals surface area contributed by atoms with E-state index < -0.39 is 0 Å². The van der Waals surface area contributed by atoms with Crippen molar-refractivity contribution in [1.82, 2.24) is 4.90 Å². The van der Waals surface area contributed by atoms with E-state index in [1.165, 1.54) is 12.0 Å². The van der Waals surface area contributed by atoms with E-state index >= 15 is 0 Å². The molecule has 4 nitrogen and oxygen atoms in total. The topological polar surface area (TPSA) is 41.6 Å². The second kappa shape index (κ2) is 10.3. The van der Waals surface area contributed by atoms with Crippen LogP contribution >= 0.6 is 0 Å². The van der Waals surface area contributed by atoms with E-state index in [0.29, 0.717) is 18.3 Å². The van der Waals surface area contributed by atoms with Crippen LogP contribution in [0.15, 0.2) is 54.6 Å². The summed E-state index contributed by atoms with van der Waals surface area (Å²) in [5.74, 6) is 1.99. The normalized spacial score (nSPS) is 16.5. The molecule has 2 aromatic rings. The van der Waals surface area contributed by atoms with Crippen LogP contribution in [0.1, 0.15) is 44.1 Å². The average Bonchev–Trinajstić information content (AvgIpc) is 2.74. The molecule has 1 N–H and O–H groups in total. The molecule has 1 heterocycles. The number of nitrogens with one attached hydrogen (secondary N) is 1. The molecule has 2 aromatic carbocycles. The lowest BCUT2D eigenvalue weighted by molar-refractivity contribution is -0.117. The summed E-state index contributed by atoms with van der Waals surface area (Å²) >= 11 is 0. The molecule has 0 saturated carbocycles. The first-order valence-electron chi connectivity index (χ1n) is 10.3. The van der Waals surface area contributed by atoms with Gasteiger partial charge in [-0.15, -0.1) is 0 Å². The van der Waals surface area contributed by atoms with Crippen LogP contribution in [-0.2, 0) is 4.79 Å². The van der Waals surface area contributed by atoms with Gasteiger partial charge >= 0.3 is 0 Å². The fraction of sp³-hybridized carbons (Fsp3) is 0.458. The zero-order valence-electron chi connectivity index (χ0n) is 17.1. The Morgan fingerprint density at radius 1 is 1.11 bits per heavy atom. The van der Waals surface area contributed by atoms with Crippen molar-refractivity contribution >= 4 is 11.6 Å². The third-order valence-electron chi connectivity index (χ3n) is 5.80. The Kier molecular flexibility index (Phi) is 7.49. The molecule has 0 unspecified atom stereocenters. The summed E-state index contributed by atoms with van der Waals surface area (Å²) in [6, 6.07) is 18.3. The Morgan fingerprint density at radius 2 is 1.79 bits per heavy atom. The Bertz CT molecular complexity index is 722. The number of methoxy groups -OCH3 is 1. The van der Waals surface area contributed by atoms with E-state index in [1.54, 1.807) is 7.11 Å². The highest BCUT2D eigenvalue weighted by atomic mass is 16.5. The first-order valence-corrected chi connectivity index (χ1v) is 10.3. The molecule has 1 saturated heterocycles. The van der Waals surface area contributed by atoms with Gasteiger partial charge in [-0.1, -0.05) is 37.3 Å². The molecule has 1 atom stereocenters. The minimum absolute atomic E-state index is 0.112. The van der Waals surface area contributed by atoms with Crippen LogP contribution in [-0.4, -0.2) is 37.6 Å². The van der Waals surface area contributed by atoms with Crippen LogP contribution in [0.4, 0.5) is 5.69 Å². The Hall–Kier alpha value is -2.33. The lowest BCUT2D eigenvalue weighted by Crippen LogP contribution is -2.35. The van der Waals surface area contributed by atoms with Gasteiger partial charge in [-0.25, -0.2) is 0 Å². The molecule has 3 rings (SSSR count). The van der Waals surface area contributed by atoms with Crippen LogP contribution in [0, 0.1) is 5.92 Å². The number of carbonyl (C=O) groups excluding carboxylic acids is 1. The van der Waals surface area contributed by atoms with Crippen LogP contribution in [0.2, 0.25) is 0 Å². The minimum atomic E-state index is 0.112. The van der Waals surface area contributed by atoms with Gasteiger partial charge in [-0.3, -0.25) is 4.79 Å². The van der Waals surface area contributed by atoms with Gasteiger partial charge in [0.15, 0.2) is 0 Å². The van der Waals surface area contributed by atoms with Crippen molar-refractivity contribution < 1.29 is 9.53 Å². The van der Waals surface area contributed by atoms with E-state index in [9.17, 15) is 4.79 Å². The summed E-state index contributed by atoms with van der Waals surface area (Å²) in [5, 5.41) is 3.00. The van der Waals surface area contributed by atoms with Gasteiger partial charge in [0.25, 0.3) is 0 Å². The standard InChI is InChI=1S/C24H32N2O2/c1-19(21-6-4-3-5-7-21)12-15-26-16-13-20(14-17-26)18-24(27)25-22-8-10-23(28-2)11-9-22/h3-11,19-20H,12-18H2,1-2H3,(H,25,27)/t19-/m0/s1. The predicted molar refractivity (Wildman–Crippen MR) is 115 cm³/mol. The highest BCUT2D eigenvalue weighted by Crippen LogP contribution is 2.24. The summed E-state index contributed by atoms with van der Waals surface area (Å²) in [5.41, 5.74) is 2.26. The fourth-order valence-corrected chi connectivity index (χ4v) is 3.89. The quantitative estimate of drug-likeness (QED) is 0.706. The summed E-state index contributed by atoms with van der Waals surface area (Å²) in [4.78, 5) is 14.9. The lowest BCUT2D eigenvalue weighted by atomic mass is 9.92. The highest BCUT2D eigenvalue weighted by molar-refractivity contribution is 5.90. The molecule has 0 spiro atoms. The van der Waals surface area contributed by atoms with Gasteiger partial charge in [-0.2, -0.15) is 0 Å². The molecule has 4 heteroatoms. The number of ether oxygens (including phenoxy) is 1. The fourth-order valence-electron chi connectivity index (χ4n) is 3.89. The van der Waals surface area contributed by atoms with Crippen LogP contribution in [0.3, 0.4) is 0 Å². The van der Waals surface area contributed by atoms with Gasteiger partial charge in [-0.05, 0) is 80.6 Å². The summed E-state index contributed by atoms with van der Waals surface area (Å²) in [6.45, 7) is 5.65. The molecular weight excluding hydrogens is 348 g/mol. The van der Waals surface area contributed by atoms with Crippen molar-refractivity contribution in [2.45, 2.75) is 38.5 Å². The zero-order valence-corrected chi connectivity index (χ0v) is 17.1. The Morgan fingerprint density at radius 3 is 2.43 bits per heavy atom. The van der Waals surface area contributed by atoms with E-state index in [4.69, 9.17) is 4.74 Å². The van der Waals surface area contributed by atoms with Gasteiger partial charge in [0, 0.05) is 12.1 Å². The van der Waals surface area contributed by atoms with Gasteiger partial charge in [0.2, 0.25) is 5.91 Å². The summed E-state index contributed by atoms with van der Waals surface area (Å²) in [6.07, 6.45) is 4.01. The van der Waals surface area contributed by atoms with E-state index in [0.717, 1.165) is 43.9 Å². The minimum Gasteiger partial charge on any atom is -0.497 e. The third kappa shape index (κ3) is 6.10. The second-order valence-electron chi connectivity index (χ2n) is 7.87. The summed E-state index contributed by atoms with van der Waals surface area (Å²) in [7, 11) is 1.64. The maximum Gasteiger partial charge on any atom is 0.224 e. The predicted octanol–water partition coefficient (Wildman–Crippen LogP) is 4.93. The molecule has 1 amide bonds. The van der Waals surface area contributed by atoms with Gasteiger partial charge < -0.3 is 15.0 Å². The monoisotopic (exact) mass is 380 g/mol. The second-order valence-corrected chi connectivity index (χ2v) is 7.87. The van der Waals surface area contributed by atoms with Gasteiger partial charge in [0.05, 0.1) is 7.11 Å². The number of benzene rings is 2. The smallest absolute Gasteiger partial charge is 0.224 e. The first kappa shape index (κ1) is 20.4. The maximum absolute atomic E-state index is 12.3. The largest absolute Gasteiger partial charge is 0.497 e. The maximum atomic E-state index is 12.3. The number of hydrogen-bond acceptors (Lipinski definition) is 3. The Labute approximate surface area is 168 Å². The molecule has 1 aliphatic heterocycles. The first-order chi connectivity index (χ1) is 13.6. The van der Waals surface area contributed by atoms with E-state index in [2.05, 4.69) is 47.5 Å². The van der Waals surface area contributed by atoms with E-state index in [-0.39, 0.29) is 5.91 Å². The third-order valence-corrected chi connectivity index (χ3v) is 5.80. The Balaban J connectivity index is 1.36. The molecular formula is C24H32N2O2. The molecule has 0 aromatic heterocycles. The van der Waals surface area contributed by atoms with Crippen molar-refractivity contribution in [1.29, 1.82) is 0 Å². The van der Waals surface area contributed by atoms with Crippen LogP contribution in [0.5, 0.6) is 5.75 Å². The molecule has 150 valence electrons. The molecule has 1 fully saturated rings. The zero-order chi connectivity index (χ0) is 19.8. The van der Waals surface area contributed by atoms with E-state index in [1.807, 2.05) is 24.3 Å². The number of anilines is 1. The van der Waals surface area contributed by atoms with Crippen LogP contribution < -0.4 is 10.1 Å². The number of amides is 1. The molecule has 1 aliphatic rings. The number of rotatable bonds is 8.